The minimum absolute atomic E-state index is 0.144. The molecule has 4 aromatic rings. The summed E-state index contributed by atoms with van der Waals surface area (Å²) in [6.07, 6.45) is 9.49. The zero-order chi connectivity index (χ0) is 28.0. The highest BCUT2D eigenvalue weighted by Crippen LogP contribution is 2.46. The first-order chi connectivity index (χ1) is 19.4. The zero-order valence-corrected chi connectivity index (χ0v) is 24.1. The Morgan fingerprint density at radius 3 is 2.55 bits per heavy atom. The van der Waals surface area contributed by atoms with Crippen LogP contribution in [0.3, 0.4) is 0 Å². The molecule has 2 aromatic carbocycles. The van der Waals surface area contributed by atoms with Gasteiger partial charge in [-0.25, -0.2) is 9.78 Å². The molecule has 0 bridgehead atoms. The molecule has 40 heavy (non-hydrogen) atoms. The second-order valence-electron chi connectivity index (χ2n) is 9.67. The standard InChI is InChI=1S/C31H28N4O3S2/c1-4-35-22-10-6-8-12-24(22)40-26(35)18-16-20-14-13-19(15-17-25-32-21-9-5-7-11-23(21)39-25)27(20)28-29(36)33(2)31(38)34(3)30(28)37/h5-12,15-18,36H,4,13-14H2,1-3H3/b17-15+,20-16+,26-18-. The largest absolute Gasteiger partial charge is 0.494 e. The fourth-order valence-corrected chi connectivity index (χ4v) is 7.24. The number of rotatable bonds is 5. The summed E-state index contributed by atoms with van der Waals surface area (Å²) in [4.78, 5) is 34.1. The quantitative estimate of drug-likeness (QED) is 0.315. The van der Waals surface area contributed by atoms with Crippen molar-refractivity contribution in [3.63, 3.8) is 0 Å². The van der Waals surface area contributed by atoms with E-state index < -0.39 is 11.2 Å². The third-order valence-corrected chi connectivity index (χ3v) is 9.44. The maximum atomic E-state index is 13.4. The van der Waals surface area contributed by atoms with Gasteiger partial charge in [0.1, 0.15) is 10.6 Å². The first-order valence-corrected chi connectivity index (χ1v) is 14.7. The lowest BCUT2D eigenvalue weighted by Gasteiger charge is -2.17. The minimum Gasteiger partial charge on any atom is -0.494 e. The van der Waals surface area contributed by atoms with Crippen molar-refractivity contribution in [2.45, 2.75) is 24.7 Å². The topological polar surface area (TPSA) is 80.4 Å². The Labute approximate surface area is 239 Å². The van der Waals surface area contributed by atoms with Crippen LogP contribution in [0.5, 0.6) is 5.88 Å². The summed E-state index contributed by atoms with van der Waals surface area (Å²) in [7, 11) is 2.92. The monoisotopic (exact) mass is 568 g/mol. The number of hydrogen-bond donors (Lipinski definition) is 1. The molecule has 1 aliphatic heterocycles. The van der Waals surface area contributed by atoms with E-state index in [0.29, 0.717) is 18.4 Å². The number of anilines is 1. The first-order valence-electron chi connectivity index (χ1n) is 13.1. The predicted molar refractivity (Wildman–Crippen MR) is 165 cm³/mol. The molecular weight excluding hydrogens is 541 g/mol. The molecule has 2 aliphatic rings. The van der Waals surface area contributed by atoms with E-state index in [2.05, 4.69) is 36.1 Å². The number of thiazole rings is 1. The van der Waals surface area contributed by atoms with Crippen molar-refractivity contribution in [2.75, 3.05) is 11.4 Å². The van der Waals surface area contributed by atoms with Crippen LogP contribution in [0.15, 0.2) is 97.4 Å². The van der Waals surface area contributed by atoms with Crippen LogP contribution in [0.25, 0.3) is 21.9 Å². The molecule has 0 spiro atoms. The summed E-state index contributed by atoms with van der Waals surface area (Å²) in [6, 6.07) is 16.3. The number of aromatic hydroxyl groups is 1. The fraction of sp³-hybridized carbons (Fsp3) is 0.194. The van der Waals surface area contributed by atoms with E-state index in [1.165, 1.54) is 24.7 Å². The summed E-state index contributed by atoms with van der Waals surface area (Å²) < 4.78 is 3.28. The maximum absolute atomic E-state index is 13.4. The van der Waals surface area contributed by atoms with Gasteiger partial charge in [0.25, 0.3) is 5.56 Å². The van der Waals surface area contributed by atoms with E-state index in [1.807, 2.05) is 48.6 Å². The molecule has 7 nitrogen and oxygen atoms in total. The Bertz CT molecular complexity index is 1870. The predicted octanol–water partition coefficient (Wildman–Crippen LogP) is 6.06. The van der Waals surface area contributed by atoms with Crippen LogP contribution in [0.4, 0.5) is 5.69 Å². The molecule has 6 rings (SSSR count). The first kappa shape index (κ1) is 26.2. The van der Waals surface area contributed by atoms with Crippen LogP contribution in [0.2, 0.25) is 0 Å². The average molecular weight is 569 g/mol. The molecule has 1 aliphatic carbocycles. The Morgan fingerprint density at radius 1 is 0.975 bits per heavy atom. The maximum Gasteiger partial charge on any atom is 0.333 e. The van der Waals surface area contributed by atoms with Crippen LogP contribution in [0.1, 0.15) is 30.3 Å². The lowest BCUT2D eigenvalue weighted by atomic mass is 9.99. The summed E-state index contributed by atoms with van der Waals surface area (Å²) in [5.74, 6) is -0.327. The molecule has 0 fully saturated rings. The third kappa shape index (κ3) is 4.45. The van der Waals surface area contributed by atoms with Crippen molar-refractivity contribution in [3.8, 4) is 5.88 Å². The van der Waals surface area contributed by atoms with Crippen LogP contribution >= 0.6 is 23.1 Å². The van der Waals surface area contributed by atoms with Crippen molar-refractivity contribution in [3.05, 3.63) is 114 Å². The minimum atomic E-state index is -0.567. The van der Waals surface area contributed by atoms with Crippen LogP contribution < -0.4 is 16.1 Å². The average Bonchev–Trinajstić information content (AvgIpc) is 3.67. The molecule has 0 radical (unpaired) electrons. The van der Waals surface area contributed by atoms with Crippen molar-refractivity contribution in [2.24, 2.45) is 14.1 Å². The van der Waals surface area contributed by atoms with Gasteiger partial charge in [0.2, 0.25) is 5.88 Å². The molecule has 0 saturated carbocycles. The number of aromatic nitrogens is 3. The second kappa shape index (κ2) is 10.5. The Hall–Kier alpha value is -4.08. The third-order valence-electron chi connectivity index (χ3n) is 7.31. The zero-order valence-electron chi connectivity index (χ0n) is 22.4. The van der Waals surface area contributed by atoms with E-state index in [4.69, 9.17) is 4.98 Å². The molecular formula is C31H28N4O3S2. The Balaban J connectivity index is 1.48. The summed E-state index contributed by atoms with van der Waals surface area (Å²) in [5, 5.41) is 13.0. The van der Waals surface area contributed by atoms with Gasteiger partial charge < -0.3 is 10.0 Å². The van der Waals surface area contributed by atoms with E-state index in [0.717, 1.165) is 47.1 Å². The van der Waals surface area contributed by atoms with E-state index in [9.17, 15) is 14.7 Å². The van der Waals surface area contributed by atoms with Crippen LogP contribution in [0, 0.1) is 0 Å². The number of hydrogen-bond acceptors (Lipinski definition) is 7. The molecule has 0 amide bonds. The molecule has 1 N–H and O–H groups in total. The van der Waals surface area contributed by atoms with E-state index in [-0.39, 0.29) is 11.4 Å². The SMILES string of the molecule is CCN1/C(=C/C=C2\CCC(/C=C/c3nc4ccccc4s3)=C2c2c(O)n(C)c(=O)n(C)c2=O)Sc2ccccc21. The van der Waals surface area contributed by atoms with E-state index in [1.54, 1.807) is 23.1 Å². The van der Waals surface area contributed by atoms with E-state index >= 15 is 0 Å². The van der Waals surface area contributed by atoms with Gasteiger partial charge in [-0.05, 0) is 72.9 Å². The van der Waals surface area contributed by atoms with Gasteiger partial charge >= 0.3 is 5.69 Å². The molecule has 202 valence electrons. The van der Waals surface area contributed by atoms with Crippen molar-refractivity contribution < 1.29 is 5.11 Å². The smallest absolute Gasteiger partial charge is 0.333 e. The molecule has 0 saturated heterocycles. The van der Waals surface area contributed by atoms with Crippen molar-refractivity contribution in [1.29, 1.82) is 0 Å². The van der Waals surface area contributed by atoms with Gasteiger partial charge in [0, 0.05) is 25.5 Å². The molecule has 3 heterocycles. The molecule has 2 aromatic heterocycles. The number of benzene rings is 2. The highest BCUT2D eigenvalue weighted by Gasteiger charge is 2.28. The number of allylic oxidation sites excluding steroid dienone is 6. The Kier molecular flexibility index (Phi) is 6.85. The number of para-hydroxylation sites is 2. The van der Waals surface area contributed by atoms with Gasteiger partial charge in [-0.2, -0.15) is 0 Å². The summed E-state index contributed by atoms with van der Waals surface area (Å²) in [5.41, 5.74) is 3.73. The van der Waals surface area contributed by atoms with Crippen molar-refractivity contribution in [1.82, 2.24) is 14.1 Å². The lowest BCUT2D eigenvalue weighted by molar-refractivity contribution is 0.409. The number of nitrogens with zero attached hydrogens (tertiary/aromatic N) is 4. The fourth-order valence-electron chi connectivity index (χ4n) is 5.24. The van der Waals surface area contributed by atoms with Crippen molar-refractivity contribution >= 4 is 50.7 Å². The molecule has 9 heteroatoms. The summed E-state index contributed by atoms with van der Waals surface area (Å²) in [6.45, 7) is 2.96. The van der Waals surface area contributed by atoms with Crippen LogP contribution in [-0.4, -0.2) is 25.8 Å². The Morgan fingerprint density at radius 2 is 1.75 bits per heavy atom. The number of thioether (sulfide) groups is 1. The van der Waals surface area contributed by atoms with Gasteiger partial charge in [-0.1, -0.05) is 48.2 Å². The molecule has 0 unspecified atom stereocenters. The second-order valence-corrected chi connectivity index (χ2v) is 11.8. The van der Waals surface area contributed by atoms with Gasteiger partial charge in [0.05, 0.1) is 20.9 Å². The number of fused-ring (bicyclic) bond motifs is 2. The van der Waals surface area contributed by atoms with Crippen LogP contribution in [-0.2, 0) is 14.1 Å². The van der Waals surface area contributed by atoms with Gasteiger partial charge in [-0.3, -0.25) is 13.9 Å². The highest BCUT2D eigenvalue weighted by molar-refractivity contribution is 8.03. The lowest BCUT2D eigenvalue weighted by Crippen LogP contribution is -2.38. The van der Waals surface area contributed by atoms with Gasteiger partial charge in [-0.15, -0.1) is 11.3 Å². The molecule has 0 atom stereocenters. The normalized spacial score (nSPS) is 17.3. The summed E-state index contributed by atoms with van der Waals surface area (Å²) >= 11 is 3.32. The highest BCUT2D eigenvalue weighted by atomic mass is 32.2. The van der Waals surface area contributed by atoms with Gasteiger partial charge in [0.15, 0.2) is 0 Å².